The third kappa shape index (κ3) is 4.10. The molecule has 7 heteroatoms. The van der Waals surface area contributed by atoms with Crippen LogP contribution in [0.1, 0.15) is 18.9 Å². The van der Waals surface area contributed by atoms with Crippen LogP contribution in [0.3, 0.4) is 0 Å². The van der Waals surface area contributed by atoms with Crippen molar-refractivity contribution >= 4 is 5.97 Å². The van der Waals surface area contributed by atoms with Gasteiger partial charge in [0.05, 0.1) is 0 Å². The molecule has 1 heterocycles. The van der Waals surface area contributed by atoms with Crippen LogP contribution in [0.25, 0.3) is 0 Å². The minimum absolute atomic E-state index is 0.0651. The molecule has 1 aliphatic rings. The smallest absolute Gasteiger partial charge is 0.480 e. The first-order valence-corrected chi connectivity index (χ1v) is 6.58. The Kier molecular flexibility index (Phi) is 4.41. The van der Waals surface area contributed by atoms with Crippen molar-refractivity contribution in [3.8, 4) is 5.75 Å². The van der Waals surface area contributed by atoms with Crippen LogP contribution in [-0.2, 0) is 11.3 Å². The van der Waals surface area contributed by atoms with Crippen LogP contribution in [0, 0.1) is 5.92 Å². The Morgan fingerprint density at radius 1 is 1.38 bits per heavy atom. The topological polar surface area (TPSA) is 49.8 Å². The fourth-order valence-electron chi connectivity index (χ4n) is 2.63. The van der Waals surface area contributed by atoms with Crippen molar-refractivity contribution in [1.29, 1.82) is 0 Å². The highest BCUT2D eigenvalue weighted by Gasteiger charge is 2.36. The number of hydrogen-bond acceptors (Lipinski definition) is 3. The van der Waals surface area contributed by atoms with Gasteiger partial charge in [-0.25, -0.2) is 0 Å². The Labute approximate surface area is 120 Å². The van der Waals surface area contributed by atoms with E-state index in [9.17, 15) is 23.1 Å². The van der Waals surface area contributed by atoms with Crippen LogP contribution >= 0.6 is 0 Å². The molecule has 0 amide bonds. The third-order valence-electron chi connectivity index (χ3n) is 3.60. The molecule has 1 fully saturated rings. The Morgan fingerprint density at radius 2 is 2.00 bits per heavy atom. The molecule has 0 aliphatic carbocycles. The molecule has 0 aromatic heterocycles. The molecule has 1 saturated heterocycles. The summed E-state index contributed by atoms with van der Waals surface area (Å²) in [5.74, 6) is -1.08. The fraction of sp³-hybridized carbons (Fsp3) is 0.500. The molecular formula is C14H16F3NO3. The highest BCUT2D eigenvalue weighted by molar-refractivity contribution is 5.74. The molecule has 0 bridgehead atoms. The van der Waals surface area contributed by atoms with Gasteiger partial charge in [0.15, 0.2) is 0 Å². The molecule has 4 nitrogen and oxygen atoms in total. The molecule has 1 N–H and O–H groups in total. The van der Waals surface area contributed by atoms with E-state index in [0.29, 0.717) is 13.1 Å². The van der Waals surface area contributed by atoms with E-state index in [1.165, 1.54) is 24.3 Å². The van der Waals surface area contributed by atoms with E-state index >= 15 is 0 Å². The van der Waals surface area contributed by atoms with Crippen molar-refractivity contribution in [3.05, 3.63) is 29.8 Å². The summed E-state index contributed by atoms with van der Waals surface area (Å²) in [7, 11) is 0. The van der Waals surface area contributed by atoms with Crippen LogP contribution in [0.15, 0.2) is 24.3 Å². The first-order valence-electron chi connectivity index (χ1n) is 6.58. The fourth-order valence-corrected chi connectivity index (χ4v) is 2.63. The summed E-state index contributed by atoms with van der Waals surface area (Å²) in [5, 5.41) is 9.22. The predicted octanol–water partition coefficient (Wildman–Crippen LogP) is 2.88. The molecule has 1 aromatic rings. The van der Waals surface area contributed by atoms with Crippen molar-refractivity contribution in [3.63, 3.8) is 0 Å². The largest absolute Gasteiger partial charge is 0.573 e. The normalized spacial score (nSPS) is 23.2. The molecule has 2 rings (SSSR count). The maximum absolute atomic E-state index is 12.1. The van der Waals surface area contributed by atoms with Crippen LogP contribution in [0.5, 0.6) is 5.75 Å². The highest BCUT2D eigenvalue weighted by Crippen LogP contribution is 2.27. The third-order valence-corrected chi connectivity index (χ3v) is 3.60. The Balaban J connectivity index is 2.02. The first kappa shape index (κ1) is 15.6. The summed E-state index contributed by atoms with van der Waals surface area (Å²) < 4.78 is 40.0. The number of carboxylic acid groups (broad SMARTS) is 1. The molecular weight excluding hydrogens is 287 g/mol. The summed E-state index contributed by atoms with van der Waals surface area (Å²) in [6.45, 7) is 2.95. The lowest BCUT2D eigenvalue weighted by atomic mass is 10.0. The lowest BCUT2D eigenvalue weighted by Crippen LogP contribution is -2.38. The predicted molar refractivity (Wildman–Crippen MR) is 68.7 cm³/mol. The standard InChI is InChI=1S/C14H16F3NO3/c1-9-6-7-18(12(9)13(19)20)8-10-2-4-11(5-3-10)21-14(15,16)17/h2-5,9,12H,6-8H2,1H3,(H,19,20). The average molecular weight is 303 g/mol. The number of halogens is 3. The van der Waals surface area contributed by atoms with Gasteiger partial charge in [0.2, 0.25) is 0 Å². The van der Waals surface area contributed by atoms with Gasteiger partial charge in [0.25, 0.3) is 0 Å². The molecule has 116 valence electrons. The van der Waals surface area contributed by atoms with E-state index in [4.69, 9.17) is 0 Å². The van der Waals surface area contributed by atoms with E-state index in [1.54, 1.807) is 0 Å². The second-order valence-electron chi connectivity index (χ2n) is 5.21. The molecule has 1 aliphatic heterocycles. The minimum Gasteiger partial charge on any atom is -0.480 e. The summed E-state index contributed by atoms with van der Waals surface area (Å²) in [4.78, 5) is 13.1. The van der Waals surface area contributed by atoms with Gasteiger partial charge in [-0.05, 0) is 36.6 Å². The van der Waals surface area contributed by atoms with Crippen molar-refractivity contribution in [1.82, 2.24) is 4.90 Å². The van der Waals surface area contributed by atoms with Gasteiger partial charge in [-0.15, -0.1) is 13.2 Å². The van der Waals surface area contributed by atoms with Gasteiger partial charge in [0, 0.05) is 6.54 Å². The molecule has 0 saturated carbocycles. The highest BCUT2D eigenvalue weighted by atomic mass is 19.4. The lowest BCUT2D eigenvalue weighted by Gasteiger charge is -2.23. The monoisotopic (exact) mass is 303 g/mol. The summed E-state index contributed by atoms with van der Waals surface area (Å²) in [6, 6.07) is 4.96. The van der Waals surface area contributed by atoms with Gasteiger partial charge in [-0.1, -0.05) is 19.1 Å². The van der Waals surface area contributed by atoms with Crippen LogP contribution in [0.4, 0.5) is 13.2 Å². The van der Waals surface area contributed by atoms with Crippen LogP contribution < -0.4 is 4.74 Å². The van der Waals surface area contributed by atoms with Crippen molar-refractivity contribution in [2.75, 3.05) is 6.54 Å². The number of aliphatic carboxylic acids is 1. The molecule has 2 unspecified atom stereocenters. The molecule has 2 atom stereocenters. The number of hydrogen-bond donors (Lipinski definition) is 1. The molecule has 1 aromatic carbocycles. The maximum Gasteiger partial charge on any atom is 0.573 e. The lowest BCUT2D eigenvalue weighted by molar-refractivity contribution is -0.274. The second kappa shape index (κ2) is 5.93. The van der Waals surface area contributed by atoms with E-state index in [0.717, 1.165) is 12.0 Å². The molecule has 21 heavy (non-hydrogen) atoms. The van der Waals surface area contributed by atoms with Crippen molar-refractivity contribution in [2.24, 2.45) is 5.92 Å². The first-order chi connectivity index (χ1) is 9.76. The Bertz CT molecular complexity index is 501. The Morgan fingerprint density at radius 3 is 2.52 bits per heavy atom. The zero-order valence-corrected chi connectivity index (χ0v) is 11.4. The summed E-state index contributed by atoms with van der Waals surface area (Å²) in [6.07, 6.45) is -3.91. The number of rotatable bonds is 4. The molecule has 0 spiro atoms. The van der Waals surface area contributed by atoms with Crippen molar-refractivity contribution < 1.29 is 27.8 Å². The number of alkyl halides is 3. The number of carbonyl (C=O) groups is 1. The van der Waals surface area contributed by atoms with Gasteiger partial charge < -0.3 is 9.84 Å². The van der Waals surface area contributed by atoms with Gasteiger partial charge in [-0.2, -0.15) is 0 Å². The number of nitrogens with zero attached hydrogens (tertiary/aromatic N) is 1. The van der Waals surface area contributed by atoms with E-state index in [1.807, 2.05) is 11.8 Å². The summed E-state index contributed by atoms with van der Waals surface area (Å²) >= 11 is 0. The second-order valence-corrected chi connectivity index (χ2v) is 5.21. The quantitative estimate of drug-likeness (QED) is 0.929. The van der Waals surface area contributed by atoms with Crippen LogP contribution in [0.2, 0.25) is 0 Å². The van der Waals surface area contributed by atoms with Crippen molar-refractivity contribution in [2.45, 2.75) is 32.3 Å². The van der Waals surface area contributed by atoms with Gasteiger partial charge >= 0.3 is 12.3 Å². The van der Waals surface area contributed by atoms with Crippen LogP contribution in [-0.4, -0.2) is 34.9 Å². The zero-order valence-electron chi connectivity index (χ0n) is 11.4. The number of benzene rings is 1. The zero-order chi connectivity index (χ0) is 15.6. The SMILES string of the molecule is CC1CCN(Cc2ccc(OC(F)(F)F)cc2)C1C(=O)O. The average Bonchev–Trinajstić information content (AvgIpc) is 2.71. The summed E-state index contributed by atoms with van der Waals surface area (Å²) in [5.41, 5.74) is 0.755. The van der Waals surface area contributed by atoms with E-state index in [-0.39, 0.29) is 11.7 Å². The van der Waals surface area contributed by atoms with Gasteiger partial charge in [-0.3, -0.25) is 9.69 Å². The number of likely N-dealkylation sites (tertiary alicyclic amines) is 1. The molecule has 0 radical (unpaired) electrons. The number of carboxylic acids is 1. The van der Waals surface area contributed by atoms with E-state index < -0.39 is 18.4 Å². The number of ether oxygens (including phenoxy) is 1. The Hall–Kier alpha value is -1.76. The maximum atomic E-state index is 12.1. The van der Waals surface area contributed by atoms with Gasteiger partial charge in [0.1, 0.15) is 11.8 Å². The minimum atomic E-state index is -4.71. The van der Waals surface area contributed by atoms with E-state index in [2.05, 4.69) is 4.74 Å².